The Kier molecular flexibility index (Phi) is 3.69. The van der Waals surface area contributed by atoms with Gasteiger partial charge in [0.25, 0.3) is 0 Å². The van der Waals surface area contributed by atoms with Crippen molar-refractivity contribution in [3.63, 3.8) is 0 Å². The number of aromatic nitrogens is 1. The number of carbonyl (C=O) groups is 1. The van der Waals surface area contributed by atoms with Crippen molar-refractivity contribution in [1.29, 1.82) is 0 Å². The van der Waals surface area contributed by atoms with Gasteiger partial charge in [-0.3, -0.25) is 9.36 Å². The standard InChI is InChI=1S/C19H18N2O3/c22-18(20-15-10-9-13-5-1-2-6-14(13)15)11-12-21-16-7-3-4-8-17(16)24-19(21)23/h1-8,15H,9-12H2,(H,20,22). The first kappa shape index (κ1) is 14.8. The number of nitrogens with zero attached hydrogens (tertiary/aromatic N) is 1. The van der Waals surface area contributed by atoms with Crippen LogP contribution in [0.1, 0.15) is 30.0 Å². The quantitative estimate of drug-likeness (QED) is 0.803. The van der Waals surface area contributed by atoms with Gasteiger partial charge in [-0.1, -0.05) is 36.4 Å². The predicted octanol–water partition coefficient (Wildman–Crippen LogP) is 2.79. The smallest absolute Gasteiger partial charge is 0.408 e. The number of nitrogens with one attached hydrogen (secondary N) is 1. The minimum absolute atomic E-state index is 0.0473. The lowest BCUT2D eigenvalue weighted by molar-refractivity contribution is -0.122. The third-order valence-corrected chi connectivity index (χ3v) is 4.60. The van der Waals surface area contributed by atoms with Crippen LogP contribution < -0.4 is 11.1 Å². The van der Waals surface area contributed by atoms with Crippen molar-refractivity contribution >= 4 is 17.0 Å². The van der Waals surface area contributed by atoms with Gasteiger partial charge in [0.1, 0.15) is 0 Å². The number of oxazole rings is 1. The molecule has 1 atom stereocenters. The van der Waals surface area contributed by atoms with Crippen LogP contribution in [0, 0.1) is 0 Å². The van der Waals surface area contributed by atoms with Crippen LogP contribution in [0.3, 0.4) is 0 Å². The molecule has 1 heterocycles. The first-order valence-corrected chi connectivity index (χ1v) is 8.18. The maximum Gasteiger partial charge on any atom is 0.419 e. The fourth-order valence-electron chi connectivity index (χ4n) is 3.41. The molecular formula is C19H18N2O3. The van der Waals surface area contributed by atoms with E-state index in [9.17, 15) is 9.59 Å². The molecule has 0 saturated heterocycles. The van der Waals surface area contributed by atoms with E-state index in [4.69, 9.17) is 4.42 Å². The van der Waals surface area contributed by atoms with E-state index in [-0.39, 0.29) is 18.4 Å². The van der Waals surface area contributed by atoms with Gasteiger partial charge in [-0.05, 0) is 36.1 Å². The van der Waals surface area contributed by atoms with Crippen LogP contribution >= 0.6 is 0 Å². The van der Waals surface area contributed by atoms with Crippen LogP contribution in [-0.4, -0.2) is 10.5 Å². The number of para-hydroxylation sites is 2. The summed E-state index contributed by atoms with van der Waals surface area (Å²) in [5.41, 5.74) is 3.78. The van der Waals surface area contributed by atoms with Crippen molar-refractivity contribution < 1.29 is 9.21 Å². The summed E-state index contributed by atoms with van der Waals surface area (Å²) in [6, 6.07) is 15.5. The molecule has 0 radical (unpaired) electrons. The molecular weight excluding hydrogens is 304 g/mol. The monoisotopic (exact) mass is 322 g/mol. The van der Waals surface area contributed by atoms with Gasteiger partial charge in [0.15, 0.2) is 5.58 Å². The number of rotatable bonds is 4. The minimum Gasteiger partial charge on any atom is -0.408 e. The second kappa shape index (κ2) is 6.00. The summed E-state index contributed by atoms with van der Waals surface area (Å²) in [6.45, 7) is 0.316. The highest BCUT2D eigenvalue weighted by atomic mass is 16.4. The number of hydrogen-bond acceptors (Lipinski definition) is 3. The molecule has 4 rings (SSSR count). The zero-order chi connectivity index (χ0) is 16.5. The van der Waals surface area contributed by atoms with Crippen LogP contribution in [0.5, 0.6) is 0 Å². The molecule has 0 spiro atoms. The van der Waals surface area contributed by atoms with Crippen molar-refractivity contribution in [2.75, 3.05) is 0 Å². The molecule has 1 aliphatic rings. The van der Waals surface area contributed by atoms with E-state index < -0.39 is 5.76 Å². The summed E-state index contributed by atoms with van der Waals surface area (Å²) >= 11 is 0. The van der Waals surface area contributed by atoms with Crippen LogP contribution in [0.25, 0.3) is 11.1 Å². The molecule has 1 aromatic heterocycles. The van der Waals surface area contributed by atoms with Gasteiger partial charge in [-0.2, -0.15) is 0 Å². The lowest BCUT2D eigenvalue weighted by Gasteiger charge is -2.14. The Labute approximate surface area is 138 Å². The van der Waals surface area contributed by atoms with Crippen molar-refractivity contribution in [2.24, 2.45) is 0 Å². The average molecular weight is 322 g/mol. The van der Waals surface area contributed by atoms with Crippen LogP contribution in [-0.2, 0) is 17.8 Å². The molecule has 5 nitrogen and oxygen atoms in total. The van der Waals surface area contributed by atoms with Gasteiger partial charge in [0, 0.05) is 13.0 Å². The van der Waals surface area contributed by atoms with Crippen molar-refractivity contribution in [2.45, 2.75) is 31.8 Å². The molecule has 0 saturated carbocycles. The Morgan fingerprint density at radius 1 is 1.17 bits per heavy atom. The second-order valence-electron chi connectivity index (χ2n) is 6.09. The topological polar surface area (TPSA) is 64.2 Å². The Balaban J connectivity index is 1.44. The third kappa shape index (κ3) is 2.62. The molecule has 1 aliphatic carbocycles. The van der Waals surface area contributed by atoms with Gasteiger partial charge < -0.3 is 9.73 Å². The normalized spacial score (nSPS) is 16.2. The van der Waals surface area contributed by atoms with Crippen LogP contribution in [0.2, 0.25) is 0 Å². The first-order chi connectivity index (χ1) is 11.7. The lowest BCUT2D eigenvalue weighted by Crippen LogP contribution is -2.29. The van der Waals surface area contributed by atoms with E-state index in [2.05, 4.69) is 17.4 Å². The van der Waals surface area contributed by atoms with E-state index in [0.717, 1.165) is 18.4 Å². The SMILES string of the molecule is O=C(CCn1c(=O)oc2ccccc21)NC1CCc2ccccc21. The third-order valence-electron chi connectivity index (χ3n) is 4.60. The van der Waals surface area contributed by atoms with Gasteiger partial charge in [0.05, 0.1) is 11.6 Å². The fraction of sp³-hybridized carbons (Fsp3) is 0.263. The Morgan fingerprint density at radius 2 is 1.96 bits per heavy atom. The first-order valence-electron chi connectivity index (χ1n) is 8.18. The lowest BCUT2D eigenvalue weighted by atomic mass is 10.1. The Hall–Kier alpha value is -2.82. The summed E-state index contributed by atoms with van der Waals surface area (Å²) in [6.07, 6.45) is 2.18. The fourth-order valence-corrected chi connectivity index (χ4v) is 3.41. The predicted molar refractivity (Wildman–Crippen MR) is 90.7 cm³/mol. The van der Waals surface area contributed by atoms with Gasteiger partial charge >= 0.3 is 5.76 Å². The zero-order valence-corrected chi connectivity index (χ0v) is 13.2. The number of amides is 1. The van der Waals surface area contributed by atoms with Crippen molar-refractivity contribution in [1.82, 2.24) is 9.88 Å². The van der Waals surface area contributed by atoms with E-state index in [1.165, 1.54) is 15.7 Å². The number of carbonyl (C=O) groups excluding carboxylic acids is 1. The van der Waals surface area contributed by atoms with E-state index in [0.29, 0.717) is 12.1 Å². The molecule has 3 aromatic rings. The molecule has 0 bridgehead atoms. The number of aryl methyl sites for hydroxylation is 2. The van der Waals surface area contributed by atoms with E-state index in [1.807, 2.05) is 30.3 Å². The Bertz CT molecular complexity index is 954. The van der Waals surface area contributed by atoms with Crippen molar-refractivity contribution in [3.05, 3.63) is 70.2 Å². The number of fused-ring (bicyclic) bond motifs is 2. The molecule has 1 amide bonds. The van der Waals surface area contributed by atoms with E-state index >= 15 is 0 Å². The molecule has 2 aromatic carbocycles. The van der Waals surface area contributed by atoms with Gasteiger partial charge in [-0.15, -0.1) is 0 Å². The highest BCUT2D eigenvalue weighted by Crippen LogP contribution is 2.30. The summed E-state index contributed by atoms with van der Waals surface area (Å²) in [7, 11) is 0. The molecule has 0 fully saturated rings. The summed E-state index contributed by atoms with van der Waals surface area (Å²) in [5.74, 6) is -0.468. The summed E-state index contributed by atoms with van der Waals surface area (Å²) < 4.78 is 6.70. The maximum atomic E-state index is 12.3. The van der Waals surface area contributed by atoms with Crippen molar-refractivity contribution in [3.8, 4) is 0 Å². The average Bonchev–Trinajstić information content (AvgIpc) is 3.14. The number of benzene rings is 2. The Morgan fingerprint density at radius 3 is 2.88 bits per heavy atom. The van der Waals surface area contributed by atoms with Crippen LogP contribution in [0.4, 0.5) is 0 Å². The maximum absolute atomic E-state index is 12.3. The van der Waals surface area contributed by atoms with Gasteiger partial charge in [0.2, 0.25) is 5.91 Å². The minimum atomic E-state index is -0.421. The van der Waals surface area contributed by atoms with Gasteiger partial charge in [-0.25, -0.2) is 4.79 Å². The second-order valence-corrected chi connectivity index (χ2v) is 6.09. The largest absolute Gasteiger partial charge is 0.419 e. The summed E-state index contributed by atoms with van der Waals surface area (Å²) in [4.78, 5) is 24.2. The molecule has 0 aliphatic heterocycles. The highest BCUT2D eigenvalue weighted by Gasteiger charge is 2.23. The molecule has 1 unspecified atom stereocenters. The summed E-state index contributed by atoms with van der Waals surface area (Å²) in [5, 5.41) is 3.08. The highest BCUT2D eigenvalue weighted by molar-refractivity contribution is 5.77. The number of hydrogen-bond donors (Lipinski definition) is 1. The molecule has 122 valence electrons. The molecule has 24 heavy (non-hydrogen) atoms. The molecule has 1 N–H and O–H groups in total. The molecule has 5 heteroatoms. The van der Waals surface area contributed by atoms with Crippen LogP contribution in [0.15, 0.2) is 57.7 Å². The zero-order valence-electron chi connectivity index (χ0n) is 13.2. The van der Waals surface area contributed by atoms with E-state index in [1.54, 1.807) is 6.07 Å².